The van der Waals surface area contributed by atoms with Crippen molar-refractivity contribution in [2.45, 2.75) is 58.8 Å². The van der Waals surface area contributed by atoms with Crippen molar-refractivity contribution in [1.82, 2.24) is 20.4 Å². The molecule has 0 aromatic rings. The van der Waals surface area contributed by atoms with Crippen molar-refractivity contribution in [2.75, 3.05) is 52.4 Å². The Kier molecular flexibility index (Phi) is 13.1. The first-order chi connectivity index (χ1) is 12.7. The lowest BCUT2D eigenvalue weighted by Crippen LogP contribution is -2.52. The summed E-state index contributed by atoms with van der Waals surface area (Å²) in [5.41, 5.74) is 0. The van der Waals surface area contributed by atoms with Crippen molar-refractivity contribution in [3.05, 3.63) is 0 Å². The van der Waals surface area contributed by atoms with Crippen LogP contribution in [0.15, 0.2) is 4.99 Å². The number of carbonyl (C=O) groups excluding carboxylic acids is 1. The predicted molar refractivity (Wildman–Crippen MR) is 124 cm³/mol. The van der Waals surface area contributed by atoms with E-state index >= 15 is 0 Å². The van der Waals surface area contributed by atoms with Gasteiger partial charge in [0, 0.05) is 58.3 Å². The summed E-state index contributed by atoms with van der Waals surface area (Å²) in [5.74, 6) is 1.67. The fourth-order valence-electron chi connectivity index (χ4n) is 3.51. The molecule has 158 valence electrons. The third kappa shape index (κ3) is 8.98. The number of hydrogen-bond donors (Lipinski definition) is 2. The van der Waals surface area contributed by atoms with E-state index in [1.165, 1.54) is 32.1 Å². The fraction of sp³-hybridized carbons (Fsp3) is 0.900. The lowest BCUT2D eigenvalue weighted by molar-refractivity contribution is -0.139. The van der Waals surface area contributed by atoms with E-state index in [4.69, 9.17) is 0 Å². The van der Waals surface area contributed by atoms with Crippen molar-refractivity contribution in [3.8, 4) is 0 Å². The minimum Gasteiger partial charge on any atom is -0.357 e. The van der Waals surface area contributed by atoms with Gasteiger partial charge in [-0.25, -0.2) is 0 Å². The number of nitrogens with one attached hydrogen (secondary N) is 2. The van der Waals surface area contributed by atoms with Crippen molar-refractivity contribution >= 4 is 35.8 Å². The number of aliphatic imine (C=N–C) groups is 1. The van der Waals surface area contributed by atoms with E-state index in [0.717, 1.165) is 71.2 Å². The first-order valence-electron chi connectivity index (χ1n) is 10.8. The number of amides is 1. The first-order valence-corrected chi connectivity index (χ1v) is 10.8. The SMILES string of the molecule is CCCCCCN=C(NCC)NCCN1CCN(C(=O)C2CCC2)CC1.I. The highest BCUT2D eigenvalue weighted by Gasteiger charge is 2.30. The monoisotopic (exact) mass is 493 g/mol. The standard InChI is InChI=1S/C20H39N5O.HI/c1-3-5-6-7-11-22-20(21-4-2)23-12-13-24-14-16-25(17-15-24)19(26)18-9-8-10-18;/h18H,3-17H2,1-2H3,(H2,21,22,23);1H. The molecule has 1 amide bonds. The van der Waals surface area contributed by atoms with Crippen LogP contribution in [-0.4, -0.2) is 74.0 Å². The Balaban J connectivity index is 0.00000364. The van der Waals surface area contributed by atoms with E-state index in [1.54, 1.807) is 0 Å². The summed E-state index contributed by atoms with van der Waals surface area (Å²) in [4.78, 5) is 21.5. The number of halogens is 1. The van der Waals surface area contributed by atoms with Gasteiger partial charge in [0.15, 0.2) is 5.96 Å². The van der Waals surface area contributed by atoms with E-state index in [-0.39, 0.29) is 24.0 Å². The molecule has 2 aliphatic rings. The van der Waals surface area contributed by atoms with Crippen LogP contribution < -0.4 is 10.6 Å². The number of piperazine rings is 1. The molecule has 0 bridgehead atoms. The molecule has 0 radical (unpaired) electrons. The molecular formula is C20H40IN5O. The van der Waals surface area contributed by atoms with Crippen molar-refractivity contribution in [2.24, 2.45) is 10.9 Å². The van der Waals surface area contributed by atoms with Crippen molar-refractivity contribution < 1.29 is 4.79 Å². The Labute approximate surface area is 182 Å². The van der Waals surface area contributed by atoms with Gasteiger partial charge in [-0.15, -0.1) is 24.0 Å². The molecule has 0 aromatic carbocycles. The Morgan fingerprint density at radius 3 is 2.37 bits per heavy atom. The quantitative estimate of drug-likeness (QED) is 0.213. The third-order valence-corrected chi connectivity index (χ3v) is 5.48. The topological polar surface area (TPSA) is 60.0 Å². The molecule has 7 heteroatoms. The number of guanidine groups is 1. The Hall–Kier alpha value is -0.570. The van der Waals surface area contributed by atoms with Gasteiger partial charge >= 0.3 is 0 Å². The fourth-order valence-corrected chi connectivity index (χ4v) is 3.51. The van der Waals surface area contributed by atoms with Crippen LogP contribution >= 0.6 is 24.0 Å². The zero-order valence-electron chi connectivity index (χ0n) is 17.3. The molecule has 1 heterocycles. The normalized spacial score (nSPS) is 18.6. The number of nitrogens with zero attached hydrogens (tertiary/aromatic N) is 3. The summed E-state index contributed by atoms with van der Waals surface area (Å²) in [6.07, 6.45) is 8.44. The second-order valence-corrected chi connectivity index (χ2v) is 7.54. The van der Waals surface area contributed by atoms with Crippen LogP contribution in [-0.2, 0) is 4.79 Å². The summed E-state index contributed by atoms with van der Waals surface area (Å²) >= 11 is 0. The van der Waals surface area contributed by atoms with Gasteiger partial charge in [-0.2, -0.15) is 0 Å². The maximum absolute atomic E-state index is 12.3. The molecule has 1 aliphatic heterocycles. The van der Waals surface area contributed by atoms with Crippen LogP contribution in [0.2, 0.25) is 0 Å². The molecule has 0 spiro atoms. The largest absolute Gasteiger partial charge is 0.357 e. The second-order valence-electron chi connectivity index (χ2n) is 7.54. The Bertz CT molecular complexity index is 434. The van der Waals surface area contributed by atoms with Gasteiger partial charge in [-0.3, -0.25) is 14.7 Å². The number of hydrogen-bond acceptors (Lipinski definition) is 3. The molecule has 1 saturated heterocycles. The van der Waals surface area contributed by atoms with Crippen LogP contribution in [0.1, 0.15) is 58.8 Å². The zero-order valence-corrected chi connectivity index (χ0v) is 19.7. The van der Waals surface area contributed by atoms with Gasteiger partial charge in [-0.1, -0.05) is 32.6 Å². The lowest BCUT2D eigenvalue weighted by atomic mass is 9.84. The summed E-state index contributed by atoms with van der Waals surface area (Å²) < 4.78 is 0. The molecule has 2 fully saturated rings. The summed E-state index contributed by atoms with van der Waals surface area (Å²) in [6.45, 7) is 11.8. The van der Waals surface area contributed by atoms with Crippen LogP contribution in [0.25, 0.3) is 0 Å². The molecule has 0 atom stereocenters. The van der Waals surface area contributed by atoms with E-state index in [1.807, 2.05) is 0 Å². The maximum atomic E-state index is 12.3. The Morgan fingerprint density at radius 2 is 1.78 bits per heavy atom. The highest BCUT2D eigenvalue weighted by atomic mass is 127. The van der Waals surface area contributed by atoms with E-state index in [2.05, 4.69) is 39.3 Å². The van der Waals surface area contributed by atoms with Gasteiger partial charge in [0.1, 0.15) is 0 Å². The smallest absolute Gasteiger partial charge is 0.225 e. The van der Waals surface area contributed by atoms with Gasteiger partial charge in [-0.05, 0) is 26.2 Å². The molecule has 2 N–H and O–H groups in total. The molecule has 27 heavy (non-hydrogen) atoms. The second kappa shape index (κ2) is 14.4. The van der Waals surface area contributed by atoms with E-state index < -0.39 is 0 Å². The lowest BCUT2D eigenvalue weighted by Gasteiger charge is -2.38. The average molecular weight is 493 g/mol. The molecule has 1 saturated carbocycles. The first kappa shape index (κ1) is 24.5. The Morgan fingerprint density at radius 1 is 1.04 bits per heavy atom. The van der Waals surface area contributed by atoms with Crippen LogP contribution in [0.5, 0.6) is 0 Å². The van der Waals surface area contributed by atoms with Crippen LogP contribution in [0, 0.1) is 5.92 Å². The van der Waals surface area contributed by atoms with Crippen LogP contribution in [0.4, 0.5) is 0 Å². The molecule has 6 nitrogen and oxygen atoms in total. The van der Waals surface area contributed by atoms with Gasteiger partial charge in [0.2, 0.25) is 5.91 Å². The van der Waals surface area contributed by atoms with Crippen LogP contribution in [0.3, 0.4) is 0 Å². The van der Waals surface area contributed by atoms with E-state index in [9.17, 15) is 4.79 Å². The average Bonchev–Trinajstić information content (AvgIpc) is 2.60. The van der Waals surface area contributed by atoms with Crippen molar-refractivity contribution in [1.29, 1.82) is 0 Å². The number of rotatable bonds is 10. The predicted octanol–water partition coefficient (Wildman–Crippen LogP) is 2.68. The molecule has 1 aliphatic carbocycles. The molecular weight excluding hydrogens is 453 g/mol. The van der Waals surface area contributed by atoms with Gasteiger partial charge in [0.25, 0.3) is 0 Å². The zero-order chi connectivity index (χ0) is 18.6. The molecule has 2 rings (SSSR count). The maximum Gasteiger partial charge on any atom is 0.225 e. The van der Waals surface area contributed by atoms with Gasteiger partial charge in [0.05, 0.1) is 0 Å². The number of carbonyl (C=O) groups is 1. The highest BCUT2D eigenvalue weighted by molar-refractivity contribution is 14.0. The summed E-state index contributed by atoms with van der Waals surface area (Å²) in [6, 6.07) is 0. The summed E-state index contributed by atoms with van der Waals surface area (Å²) in [7, 11) is 0. The van der Waals surface area contributed by atoms with Crippen molar-refractivity contribution in [3.63, 3.8) is 0 Å². The highest BCUT2D eigenvalue weighted by Crippen LogP contribution is 2.28. The van der Waals surface area contributed by atoms with E-state index in [0.29, 0.717) is 11.8 Å². The minimum absolute atomic E-state index is 0. The molecule has 0 unspecified atom stereocenters. The minimum atomic E-state index is 0. The third-order valence-electron chi connectivity index (χ3n) is 5.48. The summed E-state index contributed by atoms with van der Waals surface area (Å²) in [5, 5.41) is 6.77. The van der Waals surface area contributed by atoms with Gasteiger partial charge < -0.3 is 15.5 Å². The number of unbranched alkanes of at least 4 members (excludes halogenated alkanes) is 3. The molecule has 0 aromatic heterocycles.